The van der Waals surface area contributed by atoms with Crippen molar-refractivity contribution in [2.45, 2.75) is 19.6 Å². The van der Waals surface area contributed by atoms with Crippen LogP contribution in [0, 0.1) is 0 Å². The Balaban J connectivity index is 1.49. The molecule has 28 heavy (non-hydrogen) atoms. The zero-order valence-corrected chi connectivity index (χ0v) is 16.0. The molecule has 0 radical (unpaired) electrons. The molecule has 0 heterocycles. The maximum absolute atomic E-state index is 12.4. The number of amides is 1. The van der Waals surface area contributed by atoms with Gasteiger partial charge < -0.3 is 14.4 Å². The molecule has 1 atom stereocenters. The Morgan fingerprint density at radius 1 is 0.929 bits per heavy atom. The first-order chi connectivity index (χ1) is 13.5. The lowest BCUT2D eigenvalue weighted by Crippen LogP contribution is -2.37. The summed E-state index contributed by atoms with van der Waals surface area (Å²) in [4.78, 5) is 26.0. The molecular weight excluding hydrogens is 354 g/mol. The van der Waals surface area contributed by atoms with E-state index in [0.29, 0.717) is 12.3 Å². The minimum atomic E-state index is -0.874. The third-order valence-corrected chi connectivity index (χ3v) is 4.37. The highest BCUT2D eigenvalue weighted by Gasteiger charge is 2.21. The molecular formula is C23H23NO4. The van der Waals surface area contributed by atoms with Gasteiger partial charge in [0.2, 0.25) is 0 Å². The van der Waals surface area contributed by atoms with Crippen LogP contribution >= 0.6 is 0 Å². The largest absolute Gasteiger partial charge is 0.482 e. The molecule has 3 aromatic carbocycles. The molecule has 3 rings (SSSR count). The van der Waals surface area contributed by atoms with E-state index in [4.69, 9.17) is 9.47 Å². The van der Waals surface area contributed by atoms with Crippen LogP contribution in [0.15, 0.2) is 72.8 Å². The third kappa shape index (κ3) is 5.10. The van der Waals surface area contributed by atoms with Crippen LogP contribution in [-0.2, 0) is 20.9 Å². The van der Waals surface area contributed by atoms with Crippen LogP contribution in [0.4, 0.5) is 0 Å². The highest BCUT2D eigenvalue weighted by molar-refractivity contribution is 5.84. The van der Waals surface area contributed by atoms with Crippen LogP contribution in [0.25, 0.3) is 10.8 Å². The highest BCUT2D eigenvalue weighted by atomic mass is 16.6. The molecule has 0 N–H and O–H groups in total. The van der Waals surface area contributed by atoms with E-state index in [1.54, 1.807) is 20.0 Å². The lowest BCUT2D eigenvalue weighted by atomic mass is 10.1. The van der Waals surface area contributed by atoms with Crippen LogP contribution in [0.5, 0.6) is 5.75 Å². The maximum atomic E-state index is 12.4. The molecule has 0 aromatic heterocycles. The average molecular weight is 377 g/mol. The number of carbonyl (C=O) groups excluding carboxylic acids is 2. The molecule has 0 unspecified atom stereocenters. The fourth-order valence-corrected chi connectivity index (χ4v) is 2.93. The van der Waals surface area contributed by atoms with Gasteiger partial charge in [0.25, 0.3) is 5.91 Å². The van der Waals surface area contributed by atoms with Gasteiger partial charge in [0, 0.05) is 13.6 Å². The first-order valence-electron chi connectivity index (χ1n) is 9.13. The second-order valence-electron chi connectivity index (χ2n) is 6.61. The summed E-state index contributed by atoms with van der Waals surface area (Å²) in [6.45, 7) is 1.77. The smallest absolute Gasteiger partial charge is 0.344 e. The van der Waals surface area contributed by atoms with Crippen LogP contribution in [0.2, 0.25) is 0 Å². The van der Waals surface area contributed by atoms with Gasteiger partial charge in [-0.25, -0.2) is 4.79 Å². The number of benzene rings is 3. The lowest BCUT2D eigenvalue weighted by Gasteiger charge is -2.21. The monoisotopic (exact) mass is 377 g/mol. The average Bonchev–Trinajstić information content (AvgIpc) is 2.72. The first kappa shape index (κ1) is 19.4. The Morgan fingerprint density at radius 2 is 1.61 bits per heavy atom. The molecule has 0 saturated carbocycles. The van der Waals surface area contributed by atoms with E-state index in [-0.39, 0.29) is 12.5 Å². The summed E-state index contributed by atoms with van der Waals surface area (Å²) in [5, 5.41) is 2.12. The molecule has 0 aliphatic heterocycles. The quantitative estimate of drug-likeness (QED) is 0.588. The van der Waals surface area contributed by atoms with Crippen LogP contribution in [0.3, 0.4) is 0 Å². The molecule has 1 amide bonds. The number of hydrogen-bond acceptors (Lipinski definition) is 4. The molecule has 144 valence electrons. The van der Waals surface area contributed by atoms with Gasteiger partial charge in [-0.3, -0.25) is 4.79 Å². The van der Waals surface area contributed by atoms with Gasteiger partial charge in [-0.15, -0.1) is 0 Å². The minimum absolute atomic E-state index is 0.252. The molecule has 0 aliphatic carbocycles. The number of rotatable bonds is 7. The Morgan fingerprint density at radius 3 is 2.36 bits per heavy atom. The molecule has 0 saturated heterocycles. The normalized spacial score (nSPS) is 11.6. The Bertz CT molecular complexity index is 955. The van der Waals surface area contributed by atoms with Gasteiger partial charge >= 0.3 is 5.97 Å². The highest BCUT2D eigenvalue weighted by Crippen LogP contribution is 2.20. The Labute approximate surface area is 164 Å². The zero-order chi connectivity index (χ0) is 19.9. The topological polar surface area (TPSA) is 55.8 Å². The van der Waals surface area contributed by atoms with Crippen molar-refractivity contribution in [2.75, 3.05) is 13.7 Å². The summed E-state index contributed by atoms with van der Waals surface area (Å²) < 4.78 is 10.7. The number of ether oxygens (including phenoxy) is 2. The van der Waals surface area contributed by atoms with Gasteiger partial charge in [0.1, 0.15) is 5.75 Å². The van der Waals surface area contributed by atoms with E-state index in [1.165, 1.54) is 4.90 Å². The van der Waals surface area contributed by atoms with E-state index >= 15 is 0 Å². The van der Waals surface area contributed by atoms with Gasteiger partial charge in [-0.05, 0) is 35.4 Å². The van der Waals surface area contributed by atoms with Crippen molar-refractivity contribution in [1.29, 1.82) is 0 Å². The van der Waals surface area contributed by atoms with Crippen molar-refractivity contribution < 1.29 is 19.1 Å². The van der Waals surface area contributed by atoms with Crippen LogP contribution < -0.4 is 4.74 Å². The summed E-state index contributed by atoms with van der Waals surface area (Å²) in [5.74, 6) is -0.263. The molecule has 3 aromatic rings. The summed E-state index contributed by atoms with van der Waals surface area (Å²) in [6, 6.07) is 23.1. The fraction of sp³-hybridized carbons (Fsp3) is 0.217. The van der Waals surface area contributed by atoms with Crippen molar-refractivity contribution in [3.05, 3.63) is 78.4 Å². The van der Waals surface area contributed by atoms with E-state index in [0.717, 1.165) is 16.3 Å². The van der Waals surface area contributed by atoms with Crippen LogP contribution in [0.1, 0.15) is 12.5 Å². The number of fused-ring (bicyclic) bond motifs is 1. The Kier molecular flexibility index (Phi) is 6.27. The molecule has 0 bridgehead atoms. The predicted octanol–water partition coefficient (Wildman–Crippen LogP) is 3.81. The SMILES string of the molecule is C[C@@H](OC(=O)COc1ccc2ccccc2c1)C(=O)N(C)Cc1ccccc1. The second kappa shape index (κ2) is 9.04. The number of carbonyl (C=O) groups is 2. The number of likely N-dealkylation sites (N-methyl/N-ethyl adjacent to an activating group) is 1. The maximum Gasteiger partial charge on any atom is 0.344 e. The third-order valence-electron chi connectivity index (χ3n) is 4.37. The Hall–Kier alpha value is -3.34. The number of nitrogens with zero attached hydrogens (tertiary/aromatic N) is 1. The summed E-state index contributed by atoms with van der Waals surface area (Å²) >= 11 is 0. The van der Waals surface area contributed by atoms with Crippen LogP contribution in [-0.4, -0.2) is 36.5 Å². The first-order valence-corrected chi connectivity index (χ1v) is 9.13. The minimum Gasteiger partial charge on any atom is -0.482 e. The van der Waals surface area contributed by atoms with Gasteiger partial charge in [-0.1, -0.05) is 60.7 Å². The molecule has 0 spiro atoms. The molecule has 5 nitrogen and oxygen atoms in total. The van der Waals surface area contributed by atoms with Crippen molar-refractivity contribution in [3.63, 3.8) is 0 Å². The van der Waals surface area contributed by atoms with Crippen molar-refractivity contribution in [3.8, 4) is 5.75 Å². The number of hydrogen-bond donors (Lipinski definition) is 0. The standard InChI is InChI=1S/C23H23NO4/c1-17(23(26)24(2)15-18-8-4-3-5-9-18)28-22(25)16-27-21-13-12-19-10-6-7-11-20(19)14-21/h3-14,17H,15-16H2,1-2H3/t17-/m1/s1. The lowest BCUT2D eigenvalue weighted by molar-refractivity contribution is -0.160. The predicted molar refractivity (Wildman–Crippen MR) is 108 cm³/mol. The number of esters is 1. The van der Waals surface area contributed by atoms with E-state index in [2.05, 4.69) is 0 Å². The van der Waals surface area contributed by atoms with Crippen molar-refractivity contribution in [1.82, 2.24) is 4.90 Å². The van der Waals surface area contributed by atoms with Crippen molar-refractivity contribution in [2.24, 2.45) is 0 Å². The zero-order valence-electron chi connectivity index (χ0n) is 16.0. The summed E-state index contributed by atoms with van der Waals surface area (Å²) in [5.41, 5.74) is 1.01. The summed E-state index contributed by atoms with van der Waals surface area (Å²) in [6.07, 6.45) is -0.874. The summed E-state index contributed by atoms with van der Waals surface area (Å²) in [7, 11) is 1.69. The van der Waals surface area contributed by atoms with Crippen molar-refractivity contribution >= 4 is 22.6 Å². The van der Waals surface area contributed by atoms with Gasteiger partial charge in [0.05, 0.1) is 0 Å². The van der Waals surface area contributed by atoms with E-state index in [1.807, 2.05) is 66.7 Å². The van der Waals surface area contributed by atoms with Gasteiger partial charge in [-0.2, -0.15) is 0 Å². The van der Waals surface area contributed by atoms with Gasteiger partial charge in [0.15, 0.2) is 12.7 Å². The fourth-order valence-electron chi connectivity index (χ4n) is 2.93. The molecule has 5 heteroatoms. The second-order valence-corrected chi connectivity index (χ2v) is 6.61. The van der Waals surface area contributed by atoms with E-state index < -0.39 is 12.1 Å². The van der Waals surface area contributed by atoms with E-state index in [9.17, 15) is 9.59 Å². The molecule has 0 fully saturated rings. The molecule has 0 aliphatic rings.